The Balaban J connectivity index is 2.65. The standard InChI is InChI=1S/C4H4O/c1-3-5-4-2/h1-2H2. The smallest absolute Gasteiger partial charge is 0.162 e. The third-order valence-electron chi connectivity index (χ3n) is 0.144. The van der Waals surface area contributed by atoms with Crippen molar-refractivity contribution in [1.29, 1.82) is 0 Å². The van der Waals surface area contributed by atoms with E-state index in [0.717, 1.165) is 0 Å². The third-order valence-corrected chi connectivity index (χ3v) is 0.144. The molecule has 0 amide bonds. The number of rotatable bonds is 2. The normalized spacial score (nSPS) is 5.60. The average Bonchev–Trinajstić information content (AvgIpc) is 1.41. The average molecular weight is 68.1 g/mol. The van der Waals surface area contributed by atoms with Gasteiger partial charge in [0.2, 0.25) is 0 Å². The summed E-state index contributed by atoms with van der Waals surface area (Å²) in [7, 11) is 0. The molecule has 0 heterocycles. The zero-order valence-electron chi connectivity index (χ0n) is 2.82. The molecule has 0 rings (SSSR count). The monoisotopic (exact) mass is 68.0 g/mol. The maximum Gasteiger partial charge on any atom is 0.162 e. The van der Waals surface area contributed by atoms with Crippen molar-refractivity contribution >= 4 is 0 Å². The summed E-state index contributed by atoms with van der Waals surface area (Å²) in [4.78, 5) is 0. The van der Waals surface area contributed by atoms with Crippen LogP contribution < -0.4 is 0 Å². The Morgan fingerprint density at radius 2 is 1.60 bits per heavy atom. The quantitative estimate of drug-likeness (QED) is 0.437. The van der Waals surface area contributed by atoms with Crippen molar-refractivity contribution in [2.75, 3.05) is 0 Å². The minimum Gasteiger partial charge on any atom is -0.451 e. The fraction of sp³-hybridized carbons (Fsp3) is 0. The molecule has 0 spiro atoms. The predicted molar refractivity (Wildman–Crippen MR) is 18.8 cm³/mol. The lowest BCUT2D eigenvalue weighted by atomic mass is 11.1. The Labute approximate surface area is 31.6 Å². The van der Waals surface area contributed by atoms with Crippen LogP contribution in [0.2, 0.25) is 0 Å². The fourth-order valence-electron chi connectivity index (χ4n) is 0.0510. The summed E-state index contributed by atoms with van der Waals surface area (Å²) in [6, 6.07) is 0. The van der Waals surface area contributed by atoms with Gasteiger partial charge in [-0.05, 0) is 0 Å². The van der Waals surface area contributed by atoms with Crippen LogP contribution in [0.1, 0.15) is 0 Å². The topological polar surface area (TPSA) is 9.23 Å². The van der Waals surface area contributed by atoms with Crippen molar-refractivity contribution in [3.8, 4) is 0 Å². The Morgan fingerprint density at radius 3 is 1.60 bits per heavy atom. The van der Waals surface area contributed by atoms with Gasteiger partial charge in [0.25, 0.3) is 0 Å². The number of ether oxygens (including phenoxy) is 1. The lowest BCUT2D eigenvalue weighted by Gasteiger charge is -1.72. The molecule has 0 atom stereocenters. The Morgan fingerprint density at radius 1 is 1.20 bits per heavy atom. The van der Waals surface area contributed by atoms with E-state index < -0.39 is 0 Å². The highest BCUT2D eigenvalue weighted by Gasteiger charge is 1.51. The highest BCUT2D eigenvalue weighted by Crippen LogP contribution is 1.62. The summed E-state index contributed by atoms with van der Waals surface area (Å²) in [5.74, 6) is 0. The minimum atomic E-state index is 2.09. The van der Waals surface area contributed by atoms with Crippen LogP contribution >= 0.6 is 0 Å². The van der Waals surface area contributed by atoms with Gasteiger partial charge in [-0.2, -0.15) is 0 Å². The van der Waals surface area contributed by atoms with Crippen LogP contribution in [0.25, 0.3) is 0 Å². The van der Waals surface area contributed by atoms with E-state index in [1.807, 2.05) is 0 Å². The second kappa shape index (κ2) is 3.28. The molecule has 0 aromatic rings. The van der Waals surface area contributed by atoms with Crippen LogP contribution in [0.15, 0.2) is 13.2 Å². The summed E-state index contributed by atoms with van der Waals surface area (Å²) >= 11 is 0. The van der Waals surface area contributed by atoms with Crippen molar-refractivity contribution in [2.45, 2.75) is 0 Å². The van der Waals surface area contributed by atoms with Crippen LogP contribution in [0.5, 0.6) is 0 Å². The Kier molecular flexibility index (Phi) is 2.81. The molecule has 0 fully saturated rings. The zero-order chi connectivity index (χ0) is 4.12. The summed E-state index contributed by atoms with van der Waals surface area (Å²) in [5, 5.41) is 0. The van der Waals surface area contributed by atoms with Crippen LogP contribution in [-0.4, -0.2) is 0 Å². The molecule has 0 aromatic heterocycles. The van der Waals surface area contributed by atoms with Crippen molar-refractivity contribution in [2.24, 2.45) is 0 Å². The van der Waals surface area contributed by atoms with E-state index in [9.17, 15) is 0 Å². The molecular formula is C4H4O. The first kappa shape index (κ1) is 4.28. The molecule has 0 saturated carbocycles. The van der Waals surface area contributed by atoms with Gasteiger partial charge in [-0.3, -0.25) is 0 Å². The first-order valence-electron chi connectivity index (χ1n) is 1.12. The second-order valence-electron chi connectivity index (χ2n) is 0.391. The van der Waals surface area contributed by atoms with Gasteiger partial charge in [0.15, 0.2) is 12.5 Å². The van der Waals surface area contributed by atoms with Gasteiger partial charge in [-0.25, -0.2) is 0 Å². The summed E-state index contributed by atoms with van der Waals surface area (Å²) in [6.45, 7) is 6.20. The van der Waals surface area contributed by atoms with E-state index in [4.69, 9.17) is 0 Å². The molecular weight excluding hydrogens is 64.0 g/mol. The highest BCUT2D eigenvalue weighted by atomic mass is 16.5. The summed E-state index contributed by atoms with van der Waals surface area (Å²) < 4.78 is 4.11. The highest BCUT2D eigenvalue weighted by molar-refractivity contribution is 4.41. The minimum absolute atomic E-state index is 2.09. The van der Waals surface area contributed by atoms with E-state index >= 15 is 0 Å². The van der Waals surface area contributed by atoms with Crippen LogP contribution in [0.3, 0.4) is 0 Å². The number of hydrogen-bond acceptors (Lipinski definition) is 1. The zero-order valence-corrected chi connectivity index (χ0v) is 2.82. The predicted octanol–water partition coefficient (Wildman–Crippen LogP) is 0.896. The van der Waals surface area contributed by atoms with Crippen molar-refractivity contribution in [1.82, 2.24) is 0 Å². The molecule has 1 nitrogen and oxygen atoms in total. The van der Waals surface area contributed by atoms with Gasteiger partial charge < -0.3 is 4.74 Å². The molecule has 0 saturated heterocycles. The van der Waals surface area contributed by atoms with Gasteiger partial charge in [-0.15, -0.1) is 0 Å². The van der Waals surface area contributed by atoms with Gasteiger partial charge >= 0.3 is 0 Å². The molecule has 0 aliphatic rings. The first-order valence-corrected chi connectivity index (χ1v) is 1.12. The van der Waals surface area contributed by atoms with Crippen LogP contribution in [0, 0.1) is 12.5 Å². The third kappa shape index (κ3) is 3.28. The van der Waals surface area contributed by atoms with E-state index in [0.29, 0.717) is 0 Å². The van der Waals surface area contributed by atoms with E-state index in [-0.39, 0.29) is 0 Å². The molecule has 0 N–H and O–H groups in total. The lowest BCUT2D eigenvalue weighted by molar-refractivity contribution is 0.353. The second-order valence-corrected chi connectivity index (χ2v) is 0.391. The van der Waals surface area contributed by atoms with Crippen molar-refractivity contribution in [3.05, 3.63) is 25.7 Å². The molecule has 26 valence electrons. The Hall–Kier alpha value is -0.720. The molecule has 0 aliphatic carbocycles. The summed E-state index contributed by atoms with van der Waals surface area (Å²) in [5.41, 5.74) is 0. The molecule has 0 bridgehead atoms. The first-order chi connectivity index (χ1) is 2.41. The van der Waals surface area contributed by atoms with E-state index in [2.05, 4.69) is 30.4 Å². The van der Waals surface area contributed by atoms with Gasteiger partial charge in [0.05, 0.1) is 0 Å². The maximum absolute atomic E-state index is 4.11. The largest absolute Gasteiger partial charge is 0.451 e. The Bertz CT molecular complexity index is 32.9. The summed E-state index contributed by atoms with van der Waals surface area (Å²) in [6.07, 6.45) is 4.19. The fourth-order valence-corrected chi connectivity index (χ4v) is 0.0510. The van der Waals surface area contributed by atoms with Crippen LogP contribution in [0.4, 0.5) is 0 Å². The van der Waals surface area contributed by atoms with Gasteiger partial charge in [0.1, 0.15) is 0 Å². The number of hydrogen-bond donors (Lipinski definition) is 0. The molecule has 0 unspecified atom stereocenters. The molecule has 5 heavy (non-hydrogen) atoms. The van der Waals surface area contributed by atoms with E-state index in [1.54, 1.807) is 0 Å². The van der Waals surface area contributed by atoms with Gasteiger partial charge in [0, 0.05) is 0 Å². The molecule has 0 aliphatic heterocycles. The lowest BCUT2D eigenvalue weighted by Crippen LogP contribution is -1.55. The molecule has 2 radical (unpaired) electrons. The van der Waals surface area contributed by atoms with E-state index in [1.165, 1.54) is 0 Å². The SMILES string of the molecule is C=[C]O[C]=C. The maximum atomic E-state index is 4.11. The van der Waals surface area contributed by atoms with Gasteiger partial charge in [-0.1, -0.05) is 13.2 Å². The molecule has 0 aromatic carbocycles. The molecule has 1 heteroatoms. The van der Waals surface area contributed by atoms with Crippen molar-refractivity contribution in [3.63, 3.8) is 0 Å². The van der Waals surface area contributed by atoms with Crippen LogP contribution in [-0.2, 0) is 4.74 Å². The van der Waals surface area contributed by atoms with Crippen molar-refractivity contribution < 1.29 is 4.74 Å².